The number of hydrogen-bond donors (Lipinski definition) is 2. The molecule has 152 valence electrons. The molecule has 0 aliphatic rings. The Morgan fingerprint density at radius 1 is 1.07 bits per heavy atom. The van der Waals surface area contributed by atoms with Crippen LogP contribution >= 0.6 is 0 Å². The van der Waals surface area contributed by atoms with Crippen molar-refractivity contribution >= 4 is 28.6 Å². The van der Waals surface area contributed by atoms with Gasteiger partial charge in [-0.15, -0.1) is 0 Å². The number of aryl methyl sites for hydroxylation is 3. The van der Waals surface area contributed by atoms with Crippen LogP contribution in [0, 0.1) is 13.8 Å². The van der Waals surface area contributed by atoms with Crippen molar-refractivity contribution in [1.29, 1.82) is 0 Å². The van der Waals surface area contributed by atoms with Gasteiger partial charge in [0, 0.05) is 31.1 Å². The van der Waals surface area contributed by atoms with Gasteiger partial charge in [0.25, 0.3) is 0 Å². The second-order valence-corrected chi connectivity index (χ2v) is 7.30. The Bertz CT molecular complexity index is 1250. The summed E-state index contributed by atoms with van der Waals surface area (Å²) in [5, 5.41) is 3.38. The predicted molar refractivity (Wildman–Crippen MR) is 117 cm³/mol. The van der Waals surface area contributed by atoms with Gasteiger partial charge in [0.1, 0.15) is 11.5 Å². The number of pyridine rings is 1. The van der Waals surface area contributed by atoms with Crippen LogP contribution in [0.3, 0.4) is 0 Å². The van der Waals surface area contributed by atoms with Crippen molar-refractivity contribution in [3.8, 4) is 11.5 Å². The van der Waals surface area contributed by atoms with Crippen LogP contribution in [0.25, 0.3) is 11.0 Å². The minimum absolute atomic E-state index is 0.0734. The van der Waals surface area contributed by atoms with Gasteiger partial charge < -0.3 is 20.4 Å². The number of anilines is 2. The van der Waals surface area contributed by atoms with Gasteiger partial charge in [-0.3, -0.25) is 9.78 Å². The van der Waals surface area contributed by atoms with E-state index in [0.717, 1.165) is 22.7 Å². The number of hydrogen-bond acceptors (Lipinski definition) is 5. The van der Waals surface area contributed by atoms with Crippen LogP contribution in [0.15, 0.2) is 54.7 Å². The molecule has 0 bridgehead atoms. The summed E-state index contributed by atoms with van der Waals surface area (Å²) in [4.78, 5) is 20.0. The van der Waals surface area contributed by atoms with E-state index in [9.17, 15) is 4.79 Å². The normalized spacial score (nSPS) is 10.9. The van der Waals surface area contributed by atoms with E-state index in [1.54, 1.807) is 18.3 Å². The molecular weight excluding hydrogens is 378 g/mol. The zero-order chi connectivity index (χ0) is 21.3. The van der Waals surface area contributed by atoms with E-state index in [0.29, 0.717) is 17.2 Å². The molecule has 0 spiro atoms. The maximum absolute atomic E-state index is 11.1. The molecule has 0 saturated heterocycles. The number of rotatable bonds is 6. The van der Waals surface area contributed by atoms with E-state index >= 15 is 0 Å². The summed E-state index contributed by atoms with van der Waals surface area (Å²) in [7, 11) is 1.97. The monoisotopic (exact) mass is 401 g/mol. The lowest BCUT2D eigenvalue weighted by atomic mass is 10.1. The number of benzene rings is 2. The molecule has 2 aromatic heterocycles. The number of nitrogens with one attached hydrogen (secondary N) is 1. The number of imidazole rings is 1. The topological polar surface area (TPSA) is 95.1 Å². The van der Waals surface area contributed by atoms with Crippen molar-refractivity contribution in [3.05, 3.63) is 71.5 Å². The molecule has 7 nitrogen and oxygen atoms in total. The fourth-order valence-electron chi connectivity index (χ4n) is 3.23. The molecule has 0 fully saturated rings. The Labute approximate surface area is 174 Å². The van der Waals surface area contributed by atoms with Crippen LogP contribution in [0.5, 0.6) is 11.5 Å². The van der Waals surface area contributed by atoms with Gasteiger partial charge in [-0.2, -0.15) is 0 Å². The molecule has 0 radical (unpaired) electrons. The van der Waals surface area contributed by atoms with Gasteiger partial charge in [0.05, 0.1) is 23.1 Å². The van der Waals surface area contributed by atoms with Crippen molar-refractivity contribution in [1.82, 2.24) is 14.5 Å². The van der Waals surface area contributed by atoms with Crippen LogP contribution in [0.4, 0.5) is 11.6 Å². The molecule has 3 N–H and O–H groups in total. The minimum Gasteiger partial charge on any atom is -0.457 e. The molecule has 2 aromatic carbocycles. The molecule has 4 rings (SSSR count). The second-order valence-electron chi connectivity index (χ2n) is 7.30. The fourth-order valence-corrected chi connectivity index (χ4v) is 3.23. The lowest BCUT2D eigenvalue weighted by molar-refractivity contribution is -0.117. The minimum atomic E-state index is -0.432. The third kappa shape index (κ3) is 4.10. The van der Waals surface area contributed by atoms with Crippen LogP contribution in [0.2, 0.25) is 0 Å². The number of carbonyl (C=O) groups excluding carboxylic acids is 1. The van der Waals surface area contributed by atoms with Crippen molar-refractivity contribution in [2.24, 2.45) is 12.8 Å². The van der Waals surface area contributed by atoms with Gasteiger partial charge in [0.2, 0.25) is 11.9 Å². The summed E-state index contributed by atoms with van der Waals surface area (Å²) in [5.41, 5.74) is 11.1. The molecule has 0 saturated carbocycles. The summed E-state index contributed by atoms with van der Waals surface area (Å²) in [6, 6.07) is 15.4. The van der Waals surface area contributed by atoms with Crippen molar-refractivity contribution in [3.63, 3.8) is 0 Å². The van der Waals surface area contributed by atoms with Gasteiger partial charge in [-0.25, -0.2) is 4.98 Å². The highest BCUT2D eigenvalue weighted by Gasteiger charge is 2.10. The molecule has 1 amide bonds. The number of fused-ring (bicyclic) bond motifs is 1. The number of ether oxygens (including phenoxy) is 1. The molecule has 0 aliphatic carbocycles. The predicted octanol–water partition coefficient (Wildman–Crippen LogP) is 4.15. The highest BCUT2D eigenvalue weighted by Crippen LogP contribution is 2.28. The van der Waals surface area contributed by atoms with Crippen molar-refractivity contribution in [2.45, 2.75) is 20.3 Å². The molecule has 7 heteroatoms. The number of nitrogens with two attached hydrogens (primary N) is 1. The largest absolute Gasteiger partial charge is 0.457 e. The highest BCUT2D eigenvalue weighted by atomic mass is 16.5. The molecule has 30 heavy (non-hydrogen) atoms. The van der Waals surface area contributed by atoms with Gasteiger partial charge in [-0.1, -0.05) is 6.07 Å². The van der Waals surface area contributed by atoms with E-state index in [-0.39, 0.29) is 6.42 Å². The first-order valence-corrected chi connectivity index (χ1v) is 9.61. The van der Waals surface area contributed by atoms with Crippen LogP contribution < -0.4 is 15.8 Å². The zero-order valence-corrected chi connectivity index (χ0v) is 17.1. The third-order valence-corrected chi connectivity index (χ3v) is 4.99. The first-order chi connectivity index (χ1) is 14.4. The SMILES string of the molecule is Cc1ccc(Nc2nc3cc(Oc4ccnc(CC(N)=O)c4)ccc3n2C)cc1C. The maximum Gasteiger partial charge on any atom is 0.223 e. The quantitative estimate of drug-likeness (QED) is 0.506. The van der Waals surface area contributed by atoms with Crippen LogP contribution in [0.1, 0.15) is 16.8 Å². The van der Waals surface area contributed by atoms with Crippen molar-refractivity contribution in [2.75, 3.05) is 5.32 Å². The van der Waals surface area contributed by atoms with E-state index in [2.05, 4.69) is 36.3 Å². The number of nitrogens with zero attached hydrogens (tertiary/aromatic N) is 3. The highest BCUT2D eigenvalue weighted by molar-refractivity contribution is 5.81. The Hall–Kier alpha value is -3.87. The third-order valence-electron chi connectivity index (χ3n) is 4.99. The molecular formula is C23H23N5O2. The van der Waals surface area contributed by atoms with Gasteiger partial charge in [-0.05, 0) is 55.3 Å². The van der Waals surface area contributed by atoms with Gasteiger partial charge >= 0.3 is 0 Å². The molecule has 0 atom stereocenters. The Morgan fingerprint density at radius 3 is 2.63 bits per heavy atom. The molecule has 0 unspecified atom stereocenters. The molecule has 0 aliphatic heterocycles. The number of carbonyl (C=O) groups is 1. The fraction of sp³-hybridized carbons (Fsp3) is 0.174. The van der Waals surface area contributed by atoms with E-state index in [4.69, 9.17) is 15.5 Å². The average Bonchev–Trinajstić information content (AvgIpc) is 2.99. The molecule has 2 heterocycles. The summed E-state index contributed by atoms with van der Waals surface area (Å²) < 4.78 is 7.95. The Kier molecular flexibility index (Phi) is 5.10. The number of amides is 1. The van der Waals surface area contributed by atoms with Crippen LogP contribution in [-0.2, 0) is 18.3 Å². The van der Waals surface area contributed by atoms with Gasteiger partial charge in [0.15, 0.2) is 0 Å². The summed E-state index contributed by atoms with van der Waals surface area (Å²) in [6.07, 6.45) is 1.67. The lowest BCUT2D eigenvalue weighted by Gasteiger charge is -2.08. The number of aromatic nitrogens is 3. The van der Waals surface area contributed by atoms with Crippen molar-refractivity contribution < 1.29 is 9.53 Å². The molecule has 4 aromatic rings. The first-order valence-electron chi connectivity index (χ1n) is 9.61. The summed E-state index contributed by atoms with van der Waals surface area (Å²) >= 11 is 0. The number of primary amides is 1. The van der Waals surface area contributed by atoms with Crippen LogP contribution in [-0.4, -0.2) is 20.4 Å². The van der Waals surface area contributed by atoms with E-state index in [1.807, 2.05) is 35.9 Å². The first kappa shape index (κ1) is 19.4. The Morgan fingerprint density at radius 2 is 1.87 bits per heavy atom. The summed E-state index contributed by atoms with van der Waals surface area (Å²) in [6.45, 7) is 4.18. The Balaban J connectivity index is 1.59. The lowest BCUT2D eigenvalue weighted by Crippen LogP contribution is -2.14. The second kappa shape index (κ2) is 7.87. The zero-order valence-electron chi connectivity index (χ0n) is 17.1. The van der Waals surface area contributed by atoms with E-state index in [1.165, 1.54) is 11.1 Å². The maximum atomic E-state index is 11.1. The average molecular weight is 401 g/mol. The van der Waals surface area contributed by atoms with E-state index < -0.39 is 5.91 Å². The standard InChI is InChI=1S/C23H23N5O2/c1-14-4-5-16(10-15(14)2)26-23-27-20-13-18(6-7-21(20)28(23)3)30-19-8-9-25-17(11-19)12-22(24)29/h4-11,13H,12H2,1-3H3,(H2,24,29)(H,26,27). The summed E-state index contributed by atoms with van der Waals surface area (Å²) in [5.74, 6) is 1.55. The smallest absolute Gasteiger partial charge is 0.223 e.